The third kappa shape index (κ3) is 6.32. The van der Waals surface area contributed by atoms with Gasteiger partial charge in [-0.25, -0.2) is 13.2 Å². The average molecular weight is 614 g/mol. The summed E-state index contributed by atoms with van der Waals surface area (Å²) in [4.78, 5) is 31.0. The monoisotopic (exact) mass is 613 g/mol. The van der Waals surface area contributed by atoms with Crippen molar-refractivity contribution in [3.63, 3.8) is 0 Å². The van der Waals surface area contributed by atoms with Crippen molar-refractivity contribution in [2.24, 2.45) is 10.7 Å². The van der Waals surface area contributed by atoms with Crippen LogP contribution < -0.4 is 16.0 Å². The highest BCUT2D eigenvalue weighted by atomic mass is 32.2. The second kappa shape index (κ2) is 12.4. The summed E-state index contributed by atoms with van der Waals surface area (Å²) in [5, 5.41) is 4.18. The number of carbonyl (C=O) groups is 2. The zero-order chi connectivity index (χ0) is 31.6. The van der Waals surface area contributed by atoms with Gasteiger partial charge < -0.3 is 11.1 Å². The van der Waals surface area contributed by atoms with Crippen molar-refractivity contribution in [1.29, 1.82) is 0 Å². The van der Waals surface area contributed by atoms with E-state index in [1.807, 2.05) is 32.0 Å². The number of sulfonamides is 1. The first-order valence-electron chi connectivity index (χ1n) is 14.9. The molecule has 10 heteroatoms. The molecule has 0 aliphatic carbocycles. The van der Waals surface area contributed by atoms with Crippen molar-refractivity contribution >= 4 is 39.6 Å². The highest BCUT2D eigenvalue weighted by Gasteiger charge is 2.47. The van der Waals surface area contributed by atoms with Gasteiger partial charge in [-0.3, -0.25) is 14.7 Å². The minimum atomic E-state index is -3.74. The summed E-state index contributed by atoms with van der Waals surface area (Å²) in [7, 11) is -2.16. The van der Waals surface area contributed by atoms with E-state index in [0.29, 0.717) is 24.4 Å². The molecule has 3 aromatic carbocycles. The van der Waals surface area contributed by atoms with E-state index in [0.717, 1.165) is 46.2 Å². The van der Waals surface area contributed by atoms with Gasteiger partial charge in [0.25, 0.3) is 5.91 Å². The van der Waals surface area contributed by atoms with Crippen molar-refractivity contribution in [1.82, 2.24) is 9.62 Å². The SMILES string of the molecule is CCCc1cccc(-c2cccc(C3=NC4(CCN(S(=O)(=O)C=Cc5c(C)cc(N(C)C(N)=O)cc5C)CC4)C(=O)N3)c2)c1. The molecule has 2 aliphatic rings. The molecular formula is C34H39N5O4S. The van der Waals surface area contributed by atoms with E-state index >= 15 is 0 Å². The van der Waals surface area contributed by atoms with Gasteiger partial charge in [0, 0.05) is 36.8 Å². The second-order valence-corrected chi connectivity index (χ2v) is 13.4. The smallest absolute Gasteiger partial charge is 0.318 e. The van der Waals surface area contributed by atoms with Crippen LogP contribution in [0, 0.1) is 13.8 Å². The molecule has 1 saturated heterocycles. The van der Waals surface area contributed by atoms with Crippen LogP contribution in [0.25, 0.3) is 17.2 Å². The van der Waals surface area contributed by atoms with Crippen LogP contribution in [-0.4, -0.2) is 56.2 Å². The first-order chi connectivity index (χ1) is 20.9. The zero-order valence-electron chi connectivity index (χ0n) is 25.6. The fourth-order valence-corrected chi connectivity index (χ4v) is 7.09. The molecule has 0 unspecified atom stereocenters. The Bertz CT molecular complexity index is 1750. The summed E-state index contributed by atoms with van der Waals surface area (Å²) in [5.41, 5.74) is 11.7. The number of anilines is 1. The Kier molecular flexibility index (Phi) is 8.76. The molecule has 2 aliphatic heterocycles. The maximum Gasteiger partial charge on any atom is 0.318 e. The first kappa shape index (κ1) is 31.2. The standard InChI is InChI=1S/C34H39N5O4S/c1-5-8-25-9-6-10-26(21-25)27-11-7-12-28(22-27)31-36-32(40)34(37-31)14-16-39(17-15-34)44(42,43)18-13-30-23(2)19-29(20-24(30)3)38(4)33(35)41/h6-7,9-13,18-22H,5,8,14-17H2,1-4H3,(H2,35,41)(H,36,37,40). The Hall–Kier alpha value is -4.28. The molecule has 2 heterocycles. The van der Waals surface area contributed by atoms with Crippen LogP contribution in [0.15, 0.2) is 71.1 Å². The van der Waals surface area contributed by atoms with Crippen LogP contribution in [-0.2, 0) is 21.2 Å². The van der Waals surface area contributed by atoms with Crippen LogP contribution in [0.2, 0.25) is 0 Å². The Morgan fingerprint density at radius 2 is 1.64 bits per heavy atom. The van der Waals surface area contributed by atoms with Crippen LogP contribution >= 0.6 is 0 Å². The Morgan fingerprint density at radius 3 is 2.27 bits per heavy atom. The van der Waals surface area contributed by atoms with Gasteiger partial charge in [-0.2, -0.15) is 4.31 Å². The molecule has 1 spiro atoms. The summed E-state index contributed by atoms with van der Waals surface area (Å²) >= 11 is 0. The maximum atomic E-state index is 13.3. The largest absolute Gasteiger partial charge is 0.351 e. The fourth-order valence-electron chi connectivity index (χ4n) is 5.92. The molecule has 3 amide bonds. The number of aliphatic imine (C=N–C) groups is 1. The van der Waals surface area contributed by atoms with Crippen molar-refractivity contribution < 1.29 is 18.0 Å². The first-order valence-corrected chi connectivity index (χ1v) is 16.4. The molecule has 5 rings (SSSR count). The lowest BCUT2D eigenvalue weighted by atomic mass is 9.89. The van der Waals surface area contributed by atoms with Crippen molar-refractivity contribution in [2.75, 3.05) is 25.0 Å². The van der Waals surface area contributed by atoms with Gasteiger partial charge in [-0.15, -0.1) is 0 Å². The normalized spacial score (nSPS) is 16.7. The number of nitrogens with two attached hydrogens (primary N) is 1. The van der Waals surface area contributed by atoms with Crippen LogP contribution in [0.4, 0.5) is 10.5 Å². The van der Waals surface area contributed by atoms with Crippen molar-refractivity contribution in [2.45, 2.75) is 52.0 Å². The molecular weight excluding hydrogens is 574 g/mol. The predicted molar refractivity (Wildman–Crippen MR) is 176 cm³/mol. The topological polar surface area (TPSA) is 125 Å². The number of amides is 3. The highest BCUT2D eigenvalue weighted by Crippen LogP contribution is 2.33. The number of rotatable bonds is 8. The molecule has 230 valence electrons. The van der Waals surface area contributed by atoms with Crippen LogP contribution in [0.3, 0.4) is 0 Å². The van der Waals surface area contributed by atoms with Gasteiger partial charge in [-0.1, -0.05) is 55.8 Å². The molecule has 3 N–H and O–H groups in total. The molecule has 0 aromatic heterocycles. The minimum Gasteiger partial charge on any atom is -0.351 e. The van der Waals surface area contributed by atoms with E-state index in [4.69, 9.17) is 10.7 Å². The van der Waals surface area contributed by atoms with E-state index < -0.39 is 21.6 Å². The van der Waals surface area contributed by atoms with E-state index in [1.54, 1.807) is 25.3 Å². The summed E-state index contributed by atoms with van der Waals surface area (Å²) in [6.07, 6.45) is 4.26. The number of hydrogen-bond donors (Lipinski definition) is 2. The van der Waals surface area contributed by atoms with Gasteiger partial charge >= 0.3 is 6.03 Å². The third-order valence-electron chi connectivity index (χ3n) is 8.53. The summed E-state index contributed by atoms with van der Waals surface area (Å²) in [6.45, 7) is 6.24. The molecule has 1 fully saturated rings. The third-order valence-corrected chi connectivity index (χ3v) is 10.1. The summed E-state index contributed by atoms with van der Waals surface area (Å²) in [5.74, 6) is 0.330. The van der Waals surface area contributed by atoms with E-state index in [2.05, 4.69) is 42.6 Å². The summed E-state index contributed by atoms with van der Waals surface area (Å²) in [6, 6.07) is 19.5. The minimum absolute atomic E-state index is 0.182. The molecule has 44 heavy (non-hydrogen) atoms. The quantitative estimate of drug-likeness (QED) is 0.365. The highest BCUT2D eigenvalue weighted by molar-refractivity contribution is 7.92. The number of urea groups is 1. The van der Waals surface area contributed by atoms with Crippen LogP contribution in [0.5, 0.6) is 0 Å². The molecule has 3 aromatic rings. The Balaban J connectivity index is 1.30. The average Bonchev–Trinajstić information content (AvgIpc) is 3.31. The van der Waals surface area contributed by atoms with Crippen molar-refractivity contribution in [3.05, 3.63) is 93.9 Å². The van der Waals surface area contributed by atoms with E-state index in [9.17, 15) is 18.0 Å². The number of carbonyl (C=O) groups excluding carboxylic acids is 2. The molecule has 9 nitrogen and oxygen atoms in total. The van der Waals surface area contributed by atoms with E-state index in [1.165, 1.54) is 20.2 Å². The molecule has 0 bridgehead atoms. The Morgan fingerprint density at radius 1 is 1.02 bits per heavy atom. The summed E-state index contributed by atoms with van der Waals surface area (Å²) < 4.78 is 28.0. The number of hydrogen-bond acceptors (Lipinski definition) is 5. The number of benzene rings is 3. The zero-order valence-corrected chi connectivity index (χ0v) is 26.4. The number of nitrogens with zero attached hydrogens (tertiary/aromatic N) is 3. The number of primary amides is 1. The van der Waals surface area contributed by atoms with Gasteiger partial charge in [0.2, 0.25) is 10.0 Å². The second-order valence-electron chi connectivity index (χ2n) is 11.6. The lowest BCUT2D eigenvalue weighted by molar-refractivity contribution is -0.124. The maximum absolute atomic E-state index is 13.3. The van der Waals surface area contributed by atoms with Gasteiger partial charge in [0.1, 0.15) is 11.4 Å². The molecule has 0 atom stereocenters. The molecule has 0 radical (unpaired) electrons. The number of amidine groups is 1. The van der Waals surface area contributed by atoms with Crippen molar-refractivity contribution in [3.8, 4) is 11.1 Å². The number of aryl methyl sites for hydroxylation is 3. The molecule has 0 saturated carbocycles. The van der Waals surface area contributed by atoms with Crippen LogP contribution in [0.1, 0.15) is 54.0 Å². The lowest BCUT2D eigenvalue weighted by Gasteiger charge is -2.34. The predicted octanol–water partition coefficient (Wildman–Crippen LogP) is 5.15. The van der Waals surface area contributed by atoms with E-state index in [-0.39, 0.29) is 19.0 Å². The number of piperidine rings is 1. The number of nitrogens with one attached hydrogen (secondary N) is 1. The Labute approximate surface area is 259 Å². The van der Waals surface area contributed by atoms with Gasteiger partial charge in [-0.05, 0) is 90.8 Å². The van der Waals surface area contributed by atoms with Gasteiger partial charge in [0.15, 0.2) is 0 Å². The van der Waals surface area contributed by atoms with Gasteiger partial charge in [0.05, 0.1) is 0 Å². The lowest BCUT2D eigenvalue weighted by Crippen LogP contribution is -2.50. The fraction of sp³-hybridized carbons (Fsp3) is 0.324.